The molecule has 2 aromatic carbocycles. The highest BCUT2D eigenvalue weighted by Gasteiger charge is 2.10. The van der Waals surface area contributed by atoms with Crippen molar-refractivity contribution in [3.63, 3.8) is 0 Å². The van der Waals surface area contributed by atoms with Crippen LogP contribution in [-0.2, 0) is 0 Å². The Morgan fingerprint density at radius 2 is 1.96 bits per heavy atom. The van der Waals surface area contributed by atoms with Gasteiger partial charge in [0, 0.05) is 23.3 Å². The highest BCUT2D eigenvalue weighted by atomic mass is 16.6. The van der Waals surface area contributed by atoms with Crippen LogP contribution in [0.2, 0.25) is 0 Å². The van der Waals surface area contributed by atoms with Crippen LogP contribution in [0.25, 0.3) is 11.3 Å². The van der Waals surface area contributed by atoms with E-state index in [1.54, 1.807) is 42.5 Å². The van der Waals surface area contributed by atoms with Crippen molar-refractivity contribution in [1.82, 2.24) is 5.43 Å². The first-order valence-electron chi connectivity index (χ1n) is 7.78. The van der Waals surface area contributed by atoms with Crippen molar-refractivity contribution in [1.29, 1.82) is 0 Å². The zero-order valence-corrected chi connectivity index (χ0v) is 13.9. The van der Waals surface area contributed by atoms with Gasteiger partial charge < -0.3 is 4.42 Å². The molecule has 1 heterocycles. The maximum atomic E-state index is 12.0. The summed E-state index contributed by atoms with van der Waals surface area (Å²) in [7, 11) is 0. The molecule has 0 bridgehead atoms. The van der Waals surface area contributed by atoms with Crippen LogP contribution in [0, 0.1) is 17.0 Å². The molecule has 0 aliphatic heterocycles. The number of carbonyl (C=O) groups is 1. The molecule has 0 saturated heterocycles. The predicted octanol–water partition coefficient (Wildman–Crippen LogP) is 3.93. The molecule has 7 nitrogen and oxygen atoms in total. The first kappa shape index (κ1) is 17.1. The predicted molar refractivity (Wildman–Crippen MR) is 97.0 cm³/mol. The van der Waals surface area contributed by atoms with Crippen LogP contribution < -0.4 is 5.43 Å². The van der Waals surface area contributed by atoms with Crippen LogP contribution in [0.3, 0.4) is 0 Å². The highest BCUT2D eigenvalue weighted by Crippen LogP contribution is 2.25. The number of nitro groups is 1. The molecule has 0 saturated carbocycles. The lowest BCUT2D eigenvalue weighted by Gasteiger charge is -2.00. The maximum absolute atomic E-state index is 12.0. The van der Waals surface area contributed by atoms with Crippen molar-refractivity contribution in [2.75, 3.05) is 0 Å². The summed E-state index contributed by atoms with van der Waals surface area (Å²) in [5, 5.41) is 14.7. The van der Waals surface area contributed by atoms with E-state index >= 15 is 0 Å². The van der Waals surface area contributed by atoms with Crippen molar-refractivity contribution in [2.45, 2.75) is 6.92 Å². The number of hydrogen-bond donors (Lipinski definition) is 1. The van der Waals surface area contributed by atoms with Crippen LogP contribution in [0.15, 0.2) is 70.2 Å². The highest BCUT2D eigenvalue weighted by molar-refractivity contribution is 5.94. The number of aryl methyl sites for hydroxylation is 1. The number of carbonyl (C=O) groups excluding carboxylic acids is 1. The second-order valence-corrected chi connectivity index (χ2v) is 5.58. The minimum absolute atomic E-state index is 0.0143. The zero-order chi connectivity index (χ0) is 18.5. The lowest BCUT2D eigenvalue weighted by Crippen LogP contribution is -2.17. The van der Waals surface area contributed by atoms with Gasteiger partial charge in [-0.25, -0.2) is 5.43 Å². The van der Waals surface area contributed by atoms with E-state index in [9.17, 15) is 14.9 Å². The van der Waals surface area contributed by atoms with Gasteiger partial charge in [0.1, 0.15) is 11.5 Å². The van der Waals surface area contributed by atoms with Crippen LogP contribution >= 0.6 is 0 Å². The molecule has 0 spiro atoms. The summed E-state index contributed by atoms with van der Waals surface area (Å²) < 4.78 is 5.59. The van der Waals surface area contributed by atoms with Gasteiger partial charge in [0.2, 0.25) is 0 Å². The van der Waals surface area contributed by atoms with Crippen LogP contribution in [0.4, 0.5) is 5.69 Å². The molecule has 0 fully saturated rings. The van der Waals surface area contributed by atoms with Crippen LogP contribution in [0.1, 0.15) is 21.7 Å². The molecule has 0 aliphatic rings. The second kappa shape index (κ2) is 7.43. The number of benzene rings is 2. The van der Waals surface area contributed by atoms with Crippen molar-refractivity contribution in [3.05, 3.63) is 87.7 Å². The van der Waals surface area contributed by atoms with Gasteiger partial charge >= 0.3 is 0 Å². The average molecular weight is 349 g/mol. The number of hydrazone groups is 1. The van der Waals surface area contributed by atoms with Gasteiger partial charge in [-0.2, -0.15) is 5.10 Å². The number of nitrogens with zero attached hydrogens (tertiary/aromatic N) is 2. The van der Waals surface area contributed by atoms with Gasteiger partial charge in [-0.05, 0) is 31.2 Å². The summed E-state index contributed by atoms with van der Waals surface area (Å²) in [6, 6.07) is 16.7. The van der Waals surface area contributed by atoms with E-state index < -0.39 is 4.92 Å². The van der Waals surface area contributed by atoms with Crippen molar-refractivity contribution in [3.8, 4) is 11.3 Å². The molecule has 0 unspecified atom stereocenters. The fourth-order valence-corrected chi connectivity index (χ4v) is 2.36. The van der Waals surface area contributed by atoms with Crippen molar-refractivity contribution < 1.29 is 14.1 Å². The third kappa shape index (κ3) is 4.02. The molecule has 1 amide bonds. The van der Waals surface area contributed by atoms with Gasteiger partial charge in [-0.15, -0.1) is 0 Å². The van der Waals surface area contributed by atoms with E-state index in [-0.39, 0.29) is 11.6 Å². The molecule has 3 rings (SSSR count). The Morgan fingerprint density at radius 3 is 2.73 bits per heavy atom. The van der Waals surface area contributed by atoms with Gasteiger partial charge in [-0.3, -0.25) is 14.9 Å². The zero-order valence-electron chi connectivity index (χ0n) is 13.9. The Balaban J connectivity index is 1.68. The van der Waals surface area contributed by atoms with Gasteiger partial charge in [0.25, 0.3) is 11.6 Å². The number of amides is 1. The molecule has 26 heavy (non-hydrogen) atoms. The molecule has 0 radical (unpaired) electrons. The third-order valence-corrected chi connectivity index (χ3v) is 3.61. The number of hydrogen-bond acceptors (Lipinski definition) is 5. The molecule has 3 aromatic rings. The van der Waals surface area contributed by atoms with Crippen molar-refractivity contribution in [2.24, 2.45) is 5.10 Å². The fourth-order valence-electron chi connectivity index (χ4n) is 2.36. The molecule has 7 heteroatoms. The van der Waals surface area contributed by atoms with E-state index in [0.29, 0.717) is 22.6 Å². The SMILES string of the molecule is Cc1cccc(C(=O)N/N=C\c2ccc(-c3cccc([N+](=O)[O-])c3)o2)c1. The smallest absolute Gasteiger partial charge is 0.271 e. The average Bonchev–Trinajstić information content (AvgIpc) is 3.10. The molecular formula is C19H15N3O4. The Hall–Kier alpha value is -3.74. The fraction of sp³-hybridized carbons (Fsp3) is 0.0526. The lowest BCUT2D eigenvalue weighted by atomic mass is 10.1. The van der Waals surface area contributed by atoms with Gasteiger partial charge in [0.15, 0.2) is 0 Å². The first-order chi connectivity index (χ1) is 12.5. The monoisotopic (exact) mass is 349 g/mol. The normalized spacial score (nSPS) is 10.8. The van der Waals surface area contributed by atoms with Crippen LogP contribution in [-0.4, -0.2) is 17.0 Å². The Kier molecular flexibility index (Phi) is 4.89. The number of nitrogens with one attached hydrogen (secondary N) is 1. The number of furan rings is 1. The lowest BCUT2D eigenvalue weighted by molar-refractivity contribution is -0.384. The third-order valence-electron chi connectivity index (χ3n) is 3.61. The topological polar surface area (TPSA) is 97.7 Å². The molecule has 0 atom stereocenters. The van der Waals surface area contributed by atoms with E-state index in [4.69, 9.17) is 4.42 Å². The summed E-state index contributed by atoms with van der Waals surface area (Å²) >= 11 is 0. The number of rotatable bonds is 5. The molecule has 1 aromatic heterocycles. The minimum atomic E-state index is -0.463. The second-order valence-electron chi connectivity index (χ2n) is 5.58. The summed E-state index contributed by atoms with van der Waals surface area (Å²) in [4.78, 5) is 22.4. The quantitative estimate of drug-likeness (QED) is 0.429. The first-order valence-corrected chi connectivity index (χ1v) is 7.78. The minimum Gasteiger partial charge on any atom is -0.455 e. The van der Waals surface area contributed by atoms with E-state index in [0.717, 1.165) is 5.56 Å². The van der Waals surface area contributed by atoms with E-state index in [1.165, 1.54) is 18.3 Å². The Morgan fingerprint density at radius 1 is 1.15 bits per heavy atom. The summed E-state index contributed by atoms with van der Waals surface area (Å²) in [5.41, 5.74) is 4.49. The summed E-state index contributed by atoms with van der Waals surface area (Å²) in [5.74, 6) is 0.562. The standard InChI is InChI=1S/C19H15N3O4/c1-13-4-2-6-15(10-13)19(23)21-20-12-17-8-9-18(26-17)14-5-3-7-16(11-14)22(24)25/h2-12H,1H3,(H,21,23)/b20-12-. The Labute approximate surface area is 149 Å². The van der Waals surface area contributed by atoms with E-state index in [1.807, 2.05) is 13.0 Å². The molecule has 1 N–H and O–H groups in total. The number of nitro benzene ring substituents is 1. The Bertz CT molecular complexity index is 992. The molecule has 130 valence electrons. The summed E-state index contributed by atoms with van der Waals surface area (Å²) in [6.45, 7) is 1.90. The number of non-ortho nitro benzene ring substituents is 1. The van der Waals surface area contributed by atoms with Gasteiger partial charge in [-0.1, -0.05) is 29.8 Å². The van der Waals surface area contributed by atoms with Crippen LogP contribution in [0.5, 0.6) is 0 Å². The van der Waals surface area contributed by atoms with E-state index in [2.05, 4.69) is 10.5 Å². The maximum Gasteiger partial charge on any atom is 0.271 e. The van der Waals surface area contributed by atoms with Gasteiger partial charge in [0.05, 0.1) is 11.1 Å². The molecular weight excluding hydrogens is 334 g/mol. The largest absolute Gasteiger partial charge is 0.455 e. The molecule has 0 aliphatic carbocycles. The van der Waals surface area contributed by atoms with Crippen molar-refractivity contribution >= 4 is 17.8 Å². The summed E-state index contributed by atoms with van der Waals surface area (Å²) in [6.07, 6.45) is 1.37.